The Morgan fingerprint density at radius 1 is 1.20 bits per heavy atom. The second-order valence-corrected chi connectivity index (χ2v) is 4.46. The van der Waals surface area contributed by atoms with E-state index in [0.29, 0.717) is 12.3 Å². The van der Waals surface area contributed by atoms with Gasteiger partial charge in [-0.3, -0.25) is 0 Å². The summed E-state index contributed by atoms with van der Waals surface area (Å²) in [6, 6.07) is 10.5. The van der Waals surface area contributed by atoms with Crippen molar-refractivity contribution in [2.24, 2.45) is 5.92 Å². The van der Waals surface area contributed by atoms with E-state index >= 15 is 0 Å². The van der Waals surface area contributed by atoms with Crippen LogP contribution in [-0.4, -0.2) is 6.29 Å². The summed E-state index contributed by atoms with van der Waals surface area (Å²) in [4.78, 5) is 10.7. The maximum Gasteiger partial charge on any atom is 0.120 e. The van der Waals surface area contributed by atoms with Gasteiger partial charge in [0.1, 0.15) is 6.29 Å². The van der Waals surface area contributed by atoms with Crippen LogP contribution in [-0.2, 0) is 4.79 Å². The van der Waals surface area contributed by atoms with Gasteiger partial charge in [0.05, 0.1) is 0 Å². The van der Waals surface area contributed by atoms with Crippen molar-refractivity contribution in [1.29, 1.82) is 0 Å². The molecule has 15 heavy (non-hydrogen) atoms. The lowest BCUT2D eigenvalue weighted by Crippen LogP contribution is -2.10. The van der Waals surface area contributed by atoms with Crippen LogP contribution in [0.2, 0.25) is 0 Å². The lowest BCUT2D eigenvalue weighted by atomic mass is 9.83. The minimum absolute atomic E-state index is 0.464. The molecule has 0 bridgehead atoms. The largest absolute Gasteiger partial charge is 0.303 e. The van der Waals surface area contributed by atoms with E-state index in [0.717, 1.165) is 12.2 Å². The molecule has 1 aliphatic rings. The fraction of sp³-hybridized carbons (Fsp3) is 0.500. The van der Waals surface area contributed by atoms with Gasteiger partial charge in [-0.05, 0) is 30.2 Å². The first-order chi connectivity index (χ1) is 7.42. The molecular weight excluding hydrogens is 184 g/mol. The summed E-state index contributed by atoms with van der Waals surface area (Å²) in [6.45, 7) is 0. The first kappa shape index (κ1) is 10.4. The molecule has 0 radical (unpaired) electrons. The van der Waals surface area contributed by atoms with Crippen molar-refractivity contribution in [3.05, 3.63) is 35.9 Å². The van der Waals surface area contributed by atoms with E-state index in [4.69, 9.17) is 0 Å². The van der Waals surface area contributed by atoms with Gasteiger partial charge in [0.15, 0.2) is 0 Å². The zero-order valence-corrected chi connectivity index (χ0v) is 9.06. The van der Waals surface area contributed by atoms with Gasteiger partial charge < -0.3 is 4.79 Å². The third-order valence-corrected chi connectivity index (χ3v) is 3.55. The van der Waals surface area contributed by atoms with Gasteiger partial charge >= 0.3 is 0 Å². The number of hydrogen-bond donors (Lipinski definition) is 0. The normalized spacial score (nSPS) is 18.9. The van der Waals surface area contributed by atoms with Crippen LogP contribution in [0.4, 0.5) is 0 Å². The molecule has 0 aromatic heterocycles. The Hall–Kier alpha value is -1.11. The molecule has 1 aliphatic carbocycles. The number of benzene rings is 1. The highest BCUT2D eigenvalue weighted by molar-refractivity contribution is 5.51. The van der Waals surface area contributed by atoms with Gasteiger partial charge in [0, 0.05) is 6.42 Å². The van der Waals surface area contributed by atoms with E-state index in [1.807, 2.05) is 6.07 Å². The number of aldehydes is 1. The highest BCUT2D eigenvalue weighted by atomic mass is 16.1. The van der Waals surface area contributed by atoms with E-state index < -0.39 is 0 Å². The van der Waals surface area contributed by atoms with Gasteiger partial charge in [-0.1, -0.05) is 43.2 Å². The molecule has 0 heterocycles. The van der Waals surface area contributed by atoms with Crippen LogP contribution in [0.3, 0.4) is 0 Å². The molecule has 80 valence electrons. The van der Waals surface area contributed by atoms with Gasteiger partial charge in [0.2, 0.25) is 0 Å². The second kappa shape index (κ2) is 5.11. The zero-order valence-electron chi connectivity index (χ0n) is 9.06. The lowest BCUT2D eigenvalue weighted by molar-refractivity contribution is -0.108. The third kappa shape index (κ3) is 2.47. The molecule has 0 saturated heterocycles. The predicted octanol–water partition coefficient (Wildman–Crippen LogP) is 3.55. The van der Waals surface area contributed by atoms with E-state index in [1.54, 1.807) is 0 Å². The first-order valence-electron chi connectivity index (χ1n) is 5.90. The SMILES string of the molecule is O=CCC(c1ccccc1)C1CCCC1. The van der Waals surface area contributed by atoms with Crippen molar-refractivity contribution in [3.63, 3.8) is 0 Å². The van der Waals surface area contributed by atoms with Crippen LogP contribution in [0.1, 0.15) is 43.6 Å². The van der Waals surface area contributed by atoms with Crippen molar-refractivity contribution in [2.75, 3.05) is 0 Å². The van der Waals surface area contributed by atoms with Gasteiger partial charge in [0.25, 0.3) is 0 Å². The fourth-order valence-electron chi connectivity index (χ4n) is 2.76. The number of carbonyl (C=O) groups excluding carboxylic acids is 1. The molecule has 1 fully saturated rings. The Morgan fingerprint density at radius 3 is 2.47 bits per heavy atom. The molecule has 0 aliphatic heterocycles. The average Bonchev–Trinajstić information content (AvgIpc) is 2.80. The topological polar surface area (TPSA) is 17.1 Å². The van der Waals surface area contributed by atoms with E-state index in [2.05, 4.69) is 24.3 Å². The van der Waals surface area contributed by atoms with Crippen molar-refractivity contribution in [1.82, 2.24) is 0 Å². The molecule has 0 spiro atoms. The van der Waals surface area contributed by atoms with Crippen LogP contribution in [0.15, 0.2) is 30.3 Å². The molecule has 0 amide bonds. The molecule has 1 aromatic rings. The Bertz CT molecular complexity index is 298. The summed E-state index contributed by atoms with van der Waals surface area (Å²) < 4.78 is 0. The summed E-state index contributed by atoms with van der Waals surface area (Å²) in [7, 11) is 0. The lowest BCUT2D eigenvalue weighted by Gasteiger charge is -2.21. The quantitative estimate of drug-likeness (QED) is 0.682. The Labute approximate surface area is 91.5 Å². The summed E-state index contributed by atoms with van der Waals surface area (Å²) in [6.07, 6.45) is 7.05. The van der Waals surface area contributed by atoms with E-state index in [1.165, 1.54) is 31.2 Å². The van der Waals surface area contributed by atoms with Crippen LogP contribution in [0, 0.1) is 5.92 Å². The second-order valence-electron chi connectivity index (χ2n) is 4.46. The summed E-state index contributed by atoms with van der Waals surface area (Å²) in [5.41, 5.74) is 1.34. The Balaban J connectivity index is 2.15. The Kier molecular flexibility index (Phi) is 3.54. The smallest absolute Gasteiger partial charge is 0.120 e. The molecule has 2 rings (SSSR count). The van der Waals surface area contributed by atoms with Gasteiger partial charge in [-0.2, -0.15) is 0 Å². The first-order valence-corrected chi connectivity index (χ1v) is 5.90. The minimum Gasteiger partial charge on any atom is -0.303 e. The Morgan fingerprint density at radius 2 is 1.87 bits per heavy atom. The monoisotopic (exact) mass is 202 g/mol. The number of rotatable bonds is 4. The van der Waals surface area contributed by atoms with Crippen molar-refractivity contribution in [3.8, 4) is 0 Å². The van der Waals surface area contributed by atoms with Gasteiger partial charge in [-0.15, -0.1) is 0 Å². The summed E-state index contributed by atoms with van der Waals surface area (Å²) >= 11 is 0. The average molecular weight is 202 g/mol. The number of carbonyl (C=O) groups is 1. The zero-order chi connectivity index (χ0) is 10.5. The standard InChI is InChI=1S/C14H18O/c15-11-10-14(13-8-4-5-9-13)12-6-2-1-3-7-12/h1-3,6-7,11,13-14H,4-5,8-10H2. The predicted molar refractivity (Wildman–Crippen MR) is 61.8 cm³/mol. The van der Waals surface area contributed by atoms with Crippen LogP contribution in [0.25, 0.3) is 0 Å². The molecule has 0 N–H and O–H groups in total. The van der Waals surface area contributed by atoms with Crippen molar-refractivity contribution < 1.29 is 4.79 Å². The number of hydrogen-bond acceptors (Lipinski definition) is 1. The fourth-order valence-corrected chi connectivity index (χ4v) is 2.76. The minimum atomic E-state index is 0.464. The molecular formula is C14H18O. The maximum atomic E-state index is 10.7. The molecule has 1 saturated carbocycles. The highest BCUT2D eigenvalue weighted by Crippen LogP contribution is 2.38. The maximum absolute atomic E-state index is 10.7. The third-order valence-electron chi connectivity index (χ3n) is 3.55. The van der Waals surface area contributed by atoms with Crippen molar-refractivity contribution >= 4 is 6.29 Å². The van der Waals surface area contributed by atoms with Crippen LogP contribution in [0.5, 0.6) is 0 Å². The van der Waals surface area contributed by atoms with Crippen LogP contribution >= 0.6 is 0 Å². The summed E-state index contributed by atoms with van der Waals surface area (Å²) in [5.74, 6) is 1.20. The molecule has 1 unspecified atom stereocenters. The van der Waals surface area contributed by atoms with E-state index in [9.17, 15) is 4.79 Å². The summed E-state index contributed by atoms with van der Waals surface area (Å²) in [5, 5.41) is 0. The molecule has 1 aromatic carbocycles. The van der Waals surface area contributed by atoms with Crippen LogP contribution < -0.4 is 0 Å². The van der Waals surface area contributed by atoms with Crippen molar-refractivity contribution in [2.45, 2.75) is 38.0 Å². The molecule has 1 heteroatoms. The van der Waals surface area contributed by atoms with Gasteiger partial charge in [-0.25, -0.2) is 0 Å². The molecule has 1 atom stereocenters. The molecule has 1 nitrogen and oxygen atoms in total. The van der Waals surface area contributed by atoms with E-state index in [-0.39, 0.29) is 0 Å². The highest BCUT2D eigenvalue weighted by Gasteiger charge is 2.25.